The van der Waals surface area contributed by atoms with E-state index in [2.05, 4.69) is 9.67 Å². The van der Waals surface area contributed by atoms with Crippen LogP contribution < -0.4 is 0 Å². The topological polar surface area (TPSA) is 41.2 Å². The molecule has 2 saturated heterocycles. The van der Waals surface area contributed by atoms with Gasteiger partial charge in [0.25, 0.3) is 0 Å². The summed E-state index contributed by atoms with van der Waals surface area (Å²) in [7, 11) is 0. The van der Waals surface area contributed by atoms with Gasteiger partial charge in [-0.1, -0.05) is 0 Å². The molecule has 0 aliphatic carbocycles. The third kappa shape index (κ3) is 3.31. The van der Waals surface area contributed by atoms with Gasteiger partial charge in [-0.2, -0.15) is 5.10 Å². The van der Waals surface area contributed by atoms with Crippen LogP contribution in [0.1, 0.15) is 49.9 Å². The first-order valence-electron chi connectivity index (χ1n) is 11.4. The molecule has 166 valence electrons. The van der Waals surface area contributed by atoms with Gasteiger partial charge in [-0.25, -0.2) is 13.5 Å². The molecule has 0 amide bonds. The van der Waals surface area contributed by atoms with Crippen molar-refractivity contribution < 1.29 is 18.3 Å². The second-order valence-electron chi connectivity index (χ2n) is 8.76. The van der Waals surface area contributed by atoms with Crippen molar-refractivity contribution in [3.8, 4) is 5.69 Å². The van der Waals surface area contributed by atoms with E-state index in [4.69, 9.17) is 9.47 Å². The minimum absolute atomic E-state index is 0.146. The van der Waals surface area contributed by atoms with Crippen LogP contribution in [-0.2, 0) is 9.47 Å². The zero-order valence-corrected chi connectivity index (χ0v) is 17.8. The highest BCUT2D eigenvalue weighted by molar-refractivity contribution is 5.97. The van der Waals surface area contributed by atoms with Gasteiger partial charge in [0.2, 0.25) is 0 Å². The monoisotopic (exact) mass is 437 g/mol. The van der Waals surface area contributed by atoms with Crippen LogP contribution in [-0.4, -0.2) is 34.2 Å². The van der Waals surface area contributed by atoms with Gasteiger partial charge < -0.3 is 14.0 Å². The van der Waals surface area contributed by atoms with Crippen molar-refractivity contribution in [3.63, 3.8) is 0 Å². The predicted molar refractivity (Wildman–Crippen MR) is 118 cm³/mol. The average Bonchev–Trinajstić information content (AvgIpc) is 3.44. The molecule has 1 unspecified atom stereocenters. The number of fused-ring (bicyclic) bond motifs is 2. The molecular formula is C25H25F2N3O2. The summed E-state index contributed by atoms with van der Waals surface area (Å²) in [4.78, 5) is 0. The molecule has 5 nitrogen and oxygen atoms in total. The molecule has 2 aromatic carbocycles. The molecule has 4 heterocycles. The summed E-state index contributed by atoms with van der Waals surface area (Å²) in [5.74, 6) is -0.357. The van der Waals surface area contributed by atoms with Crippen LogP contribution in [0.5, 0.6) is 0 Å². The zero-order valence-electron chi connectivity index (χ0n) is 17.8. The number of rotatable bonds is 3. The van der Waals surface area contributed by atoms with Crippen LogP contribution >= 0.6 is 0 Å². The van der Waals surface area contributed by atoms with E-state index in [0.717, 1.165) is 54.4 Å². The number of aromatic nitrogens is 3. The van der Waals surface area contributed by atoms with E-state index in [-0.39, 0.29) is 23.8 Å². The molecule has 2 aromatic heterocycles. The first kappa shape index (κ1) is 19.9. The maximum Gasteiger partial charge on any atom is 0.160 e. The van der Waals surface area contributed by atoms with Gasteiger partial charge >= 0.3 is 0 Å². The van der Waals surface area contributed by atoms with Gasteiger partial charge in [0.15, 0.2) is 5.82 Å². The normalized spacial score (nSPS) is 20.4. The molecule has 7 heteroatoms. The van der Waals surface area contributed by atoms with Crippen LogP contribution in [0.2, 0.25) is 0 Å². The number of nitrogens with zero attached hydrogens (tertiary/aromatic N) is 3. The summed E-state index contributed by atoms with van der Waals surface area (Å²) in [6, 6.07) is 10.3. The lowest BCUT2D eigenvalue weighted by molar-refractivity contribution is -0.0391. The van der Waals surface area contributed by atoms with E-state index in [9.17, 15) is 4.39 Å². The standard InChI is InChI=1S/C25H25F2N3O2/c26-18-4-6-19(7-5-18)30-21(16-8-11-31-12-9-16)14-20-22(30)13-17-15-29(28-25(17)24(20)27)23-3-1-2-10-32-23/h4-7,13-16,23H,1-3,8-12H2. The fourth-order valence-corrected chi connectivity index (χ4v) is 5.07. The largest absolute Gasteiger partial charge is 0.381 e. The Morgan fingerprint density at radius 1 is 0.938 bits per heavy atom. The lowest BCUT2D eigenvalue weighted by Gasteiger charge is -2.24. The number of benzene rings is 2. The lowest BCUT2D eigenvalue weighted by atomic mass is 9.96. The molecule has 0 radical (unpaired) electrons. The van der Waals surface area contributed by atoms with Crippen molar-refractivity contribution in [1.82, 2.24) is 14.3 Å². The van der Waals surface area contributed by atoms with Crippen molar-refractivity contribution in [2.45, 2.75) is 44.2 Å². The average molecular weight is 437 g/mol. The summed E-state index contributed by atoms with van der Waals surface area (Å²) < 4.78 is 44.6. The molecule has 0 N–H and O–H groups in total. The smallest absolute Gasteiger partial charge is 0.160 e. The molecular weight excluding hydrogens is 412 g/mol. The van der Waals surface area contributed by atoms with E-state index < -0.39 is 0 Å². The van der Waals surface area contributed by atoms with Gasteiger partial charge in [-0.15, -0.1) is 0 Å². The Morgan fingerprint density at radius 3 is 2.50 bits per heavy atom. The number of ether oxygens (including phenoxy) is 2. The lowest BCUT2D eigenvalue weighted by Crippen LogP contribution is -2.18. The molecule has 32 heavy (non-hydrogen) atoms. The molecule has 0 saturated carbocycles. The van der Waals surface area contributed by atoms with E-state index >= 15 is 4.39 Å². The second kappa shape index (κ2) is 7.98. The Hall–Kier alpha value is -2.77. The maximum atomic E-state index is 15.8. The molecule has 6 rings (SSSR count). The highest BCUT2D eigenvalue weighted by Crippen LogP contribution is 2.38. The summed E-state index contributed by atoms with van der Waals surface area (Å²) in [6.45, 7) is 2.08. The Morgan fingerprint density at radius 2 is 1.75 bits per heavy atom. The Labute approximate surface area is 184 Å². The molecule has 2 fully saturated rings. The molecule has 1 atom stereocenters. The predicted octanol–water partition coefficient (Wildman–Crippen LogP) is 5.85. The SMILES string of the molecule is Fc1ccc(-n2c(C3CCOCC3)cc3c(F)c4nn(C5CCCCO5)cc4cc32)cc1. The van der Waals surface area contributed by atoms with Crippen molar-refractivity contribution in [3.05, 3.63) is 59.9 Å². The summed E-state index contributed by atoms with van der Waals surface area (Å²) in [5, 5.41) is 5.84. The quantitative estimate of drug-likeness (QED) is 0.404. The Bertz CT molecular complexity index is 1270. The summed E-state index contributed by atoms with van der Waals surface area (Å²) in [5.41, 5.74) is 2.99. The molecule has 2 aliphatic heterocycles. The highest BCUT2D eigenvalue weighted by atomic mass is 19.1. The van der Waals surface area contributed by atoms with Crippen molar-refractivity contribution in [2.75, 3.05) is 19.8 Å². The van der Waals surface area contributed by atoms with Gasteiger partial charge in [0.1, 0.15) is 17.6 Å². The molecule has 2 aliphatic rings. The minimum Gasteiger partial charge on any atom is -0.381 e. The highest BCUT2D eigenvalue weighted by Gasteiger charge is 2.26. The fourth-order valence-electron chi connectivity index (χ4n) is 5.07. The van der Waals surface area contributed by atoms with Gasteiger partial charge in [-0.3, -0.25) is 0 Å². The van der Waals surface area contributed by atoms with E-state index in [0.29, 0.717) is 30.7 Å². The van der Waals surface area contributed by atoms with Crippen LogP contribution in [0.4, 0.5) is 8.78 Å². The van der Waals surface area contributed by atoms with Crippen molar-refractivity contribution in [2.24, 2.45) is 0 Å². The van der Waals surface area contributed by atoms with E-state index in [1.165, 1.54) is 12.1 Å². The van der Waals surface area contributed by atoms with Gasteiger partial charge in [-0.05, 0) is 68.5 Å². The summed E-state index contributed by atoms with van der Waals surface area (Å²) >= 11 is 0. The molecule has 0 bridgehead atoms. The van der Waals surface area contributed by atoms with E-state index in [1.54, 1.807) is 16.8 Å². The second-order valence-corrected chi connectivity index (χ2v) is 8.76. The summed E-state index contributed by atoms with van der Waals surface area (Å²) in [6.07, 6.45) is 6.49. The Balaban J connectivity index is 1.55. The number of halogens is 2. The first-order valence-corrected chi connectivity index (χ1v) is 11.4. The minimum atomic E-state index is -0.318. The fraction of sp³-hybridized carbons (Fsp3) is 0.400. The van der Waals surface area contributed by atoms with Gasteiger partial charge in [0.05, 0.1) is 5.52 Å². The van der Waals surface area contributed by atoms with Crippen molar-refractivity contribution in [1.29, 1.82) is 0 Å². The third-order valence-corrected chi connectivity index (χ3v) is 6.74. The number of hydrogen-bond acceptors (Lipinski definition) is 3. The van der Waals surface area contributed by atoms with Gasteiger partial charge in [0, 0.05) is 54.1 Å². The number of hydrogen-bond donors (Lipinski definition) is 0. The molecule has 0 spiro atoms. The van der Waals surface area contributed by atoms with Crippen LogP contribution in [0.15, 0.2) is 42.6 Å². The van der Waals surface area contributed by atoms with Crippen molar-refractivity contribution >= 4 is 21.8 Å². The van der Waals surface area contributed by atoms with Crippen LogP contribution in [0, 0.1) is 11.6 Å². The molecule has 4 aromatic rings. The zero-order chi connectivity index (χ0) is 21.7. The third-order valence-electron chi connectivity index (χ3n) is 6.74. The van der Waals surface area contributed by atoms with E-state index in [1.807, 2.05) is 18.3 Å². The maximum absolute atomic E-state index is 15.8. The first-order chi connectivity index (χ1) is 15.7. The Kier molecular flexibility index (Phi) is 4.96. The van der Waals surface area contributed by atoms with Crippen LogP contribution in [0.25, 0.3) is 27.5 Å². The van der Waals surface area contributed by atoms with Crippen LogP contribution in [0.3, 0.4) is 0 Å².